The quantitative estimate of drug-likeness (QED) is 0.180. The van der Waals surface area contributed by atoms with E-state index in [1.807, 2.05) is 78.2 Å². The largest absolute Gasteiger partial charge is 0.497 e. The van der Waals surface area contributed by atoms with Crippen LogP contribution in [-0.4, -0.2) is 37.7 Å². The number of benzene rings is 4. The maximum atomic E-state index is 14.0. The standard InChI is InChI=1S/C35H28N2O5S/c1-4-42-35(39)32-28(24-14-9-11-21-10-5-6-12-23(21)24)20-43-34(32)37-33(38)26-19-30(36-29-15-8-7-13-25(26)29)27-18-22(40-2)16-17-31(27)41-3/h5-20H,4H2,1-3H3,(H,37,38). The molecule has 0 saturated carbocycles. The molecule has 0 radical (unpaired) electrons. The van der Waals surface area contributed by atoms with Crippen LogP contribution in [0.5, 0.6) is 11.5 Å². The Bertz CT molecular complexity index is 1990. The first-order valence-corrected chi connectivity index (χ1v) is 14.6. The van der Waals surface area contributed by atoms with Gasteiger partial charge in [0.05, 0.1) is 37.6 Å². The van der Waals surface area contributed by atoms with E-state index in [4.69, 9.17) is 19.2 Å². The van der Waals surface area contributed by atoms with E-state index in [9.17, 15) is 9.59 Å². The molecule has 0 aliphatic carbocycles. The van der Waals surface area contributed by atoms with E-state index in [2.05, 4.69) is 5.32 Å². The highest BCUT2D eigenvalue weighted by Gasteiger charge is 2.25. The van der Waals surface area contributed by atoms with Crippen LogP contribution in [0.3, 0.4) is 0 Å². The SMILES string of the molecule is CCOC(=O)c1c(-c2cccc3ccccc23)csc1NC(=O)c1cc(-c2cc(OC)ccc2OC)nc2ccccc12. The normalized spacial score (nSPS) is 11.0. The van der Waals surface area contributed by atoms with Crippen molar-refractivity contribution in [2.75, 3.05) is 26.1 Å². The van der Waals surface area contributed by atoms with Crippen molar-refractivity contribution in [3.8, 4) is 33.9 Å². The zero-order chi connectivity index (χ0) is 29.9. The third-order valence-electron chi connectivity index (χ3n) is 7.22. The number of para-hydroxylation sites is 1. The number of hydrogen-bond acceptors (Lipinski definition) is 7. The molecule has 2 aromatic heterocycles. The summed E-state index contributed by atoms with van der Waals surface area (Å²) in [5.41, 5.74) is 4.20. The van der Waals surface area contributed by atoms with Gasteiger partial charge in [-0.1, -0.05) is 60.7 Å². The number of nitrogens with zero attached hydrogens (tertiary/aromatic N) is 1. The van der Waals surface area contributed by atoms with Crippen molar-refractivity contribution in [1.82, 2.24) is 4.98 Å². The Hall–Kier alpha value is -5.21. The average molecular weight is 589 g/mol. The topological polar surface area (TPSA) is 86.8 Å². The van der Waals surface area contributed by atoms with Crippen molar-refractivity contribution in [1.29, 1.82) is 0 Å². The van der Waals surface area contributed by atoms with Gasteiger partial charge in [0.25, 0.3) is 5.91 Å². The molecule has 0 saturated heterocycles. The number of carbonyl (C=O) groups is 2. The first kappa shape index (κ1) is 27.9. The molecule has 8 heteroatoms. The van der Waals surface area contributed by atoms with Gasteiger partial charge in [-0.15, -0.1) is 11.3 Å². The number of amides is 1. The number of pyridine rings is 1. The maximum Gasteiger partial charge on any atom is 0.341 e. The van der Waals surface area contributed by atoms with Gasteiger partial charge in [0.15, 0.2) is 0 Å². The number of aromatic nitrogens is 1. The minimum atomic E-state index is -0.497. The van der Waals surface area contributed by atoms with Gasteiger partial charge in [0.1, 0.15) is 22.1 Å². The van der Waals surface area contributed by atoms with Gasteiger partial charge >= 0.3 is 5.97 Å². The van der Waals surface area contributed by atoms with Crippen LogP contribution in [-0.2, 0) is 4.74 Å². The van der Waals surface area contributed by atoms with Gasteiger partial charge in [0.2, 0.25) is 0 Å². The summed E-state index contributed by atoms with van der Waals surface area (Å²) in [6.07, 6.45) is 0. The van der Waals surface area contributed by atoms with Gasteiger partial charge in [-0.3, -0.25) is 4.79 Å². The first-order chi connectivity index (χ1) is 21.0. The number of anilines is 1. The number of methoxy groups -OCH3 is 2. The molecule has 43 heavy (non-hydrogen) atoms. The number of carbonyl (C=O) groups excluding carboxylic acids is 2. The zero-order valence-electron chi connectivity index (χ0n) is 23.8. The van der Waals surface area contributed by atoms with Crippen LogP contribution in [0.15, 0.2) is 96.4 Å². The van der Waals surface area contributed by atoms with Gasteiger partial charge in [-0.2, -0.15) is 0 Å². The predicted molar refractivity (Wildman–Crippen MR) is 171 cm³/mol. The number of rotatable bonds is 8. The molecule has 0 bridgehead atoms. The lowest BCUT2D eigenvalue weighted by molar-refractivity contribution is 0.0529. The summed E-state index contributed by atoms with van der Waals surface area (Å²) in [5.74, 6) is 0.356. The second-order valence-corrected chi connectivity index (χ2v) is 10.6. The summed E-state index contributed by atoms with van der Waals surface area (Å²) in [4.78, 5) is 32.2. The average Bonchev–Trinajstić information content (AvgIpc) is 3.46. The lowest BCUT2D eigenvalue weighted by Crippen LogP contribution is -2.15. The fourth-order valence-electron chi connectivity index (χ4n) is 5.20. The zero-order valence-corrected chi connectivity index (χ0v) is 24.7. The number of thiophene rings is 1. The molecular formula is C35H28N2O5S. The van der Waals surface area contributed by atoms with E-state index in [0.29, 0.717) is 55.4 Å². The summed E-state index contributed by atoms with van der Waals surface area (Å²) in [6, 6.07) is 28.6. The Morgan fingerprint density at radius 1 is 0.814 bits per heavy atom. The number of fused-ring (bicyclic) bond motifs is 2. The summed E-state index contributed by atoms with van der Waals surface area (Å²) in [5, 5.41) is 8.05. The Morgan fingerprint density at radius 3 is 2.37 bits per heavy atom. The Labute approximate surface area is 252 Å². The molecule has 0 unspecified atom stereocenters. The molecule has 0 fully saturated rings. The van der Waals surface area contributed by atoms with Gasteiger partial charge in [-0.25, -0.2) is 9.78 Å². The molecular weight excluding hydrogens is 560 g/mol. The molecule has 0 aliphatic rings. The first-order valence-electron chi connectivity index (χ1n) is 13.7. The minimum Gasteiger partial charge on any atom is -0.497 e. The fraction of sp³-hybridized carbons (Fsp3) is 0.114. The highest BCUT2D eigenvalue weighted by Crippen LogP contribution is 2.40. The Morgan fingerprint density at radius 2 is 1.58 bits per heavy atom. The van der Waals surface area contributed by atoms with Crippen molar-refractivity contribution < 1.29 is 23.8 Å². The number of nitrogens with one attached hydrogen (secondary N) is 1. The molecule has 2 heterocycles. The second-order valence-electron chi connectivity index (χ2n) is 9.69. The van der Waals surface area contributed by atoms with Gasteiger partial charge in [0, 0.05) is 21.9 Å². The molecule has 7 nitrogen and oxygen atoms in total. The third kappa shape index (κ3) is 5.29. The van der Waals surface area contributed by atoms with Crippen LogP contribution in [0.25, 0.3) is 44.1 Å². The minimum absolute atomic E-state index is 0.206. The summed E-state index contributed by atoms with van der Waals surface area (Å²) >= 11 is 1.29. The molecule has 1 amide bonds. The summed E-state index contributed by atoms with van der Waals surface area (Å²) in [7, 11) is 3.17. The maximum absolute atomic E-state index is 14.0. The molecule has 1 N–H and O–H groups in total. The van der Waals surface area contributed by atoms with Gasteiger partial charge in [-0.05, 0) is 53.6 Å². The smallest absolute Gasteiger partial charge is 0.341 e. The van der Waals surface area contributed by atoms with Crippen LogP contribution in [0.1, 0.15) is 27.6 Å². The highest BCUT2D eigenvalue weighted by atomic mass is 32.1. The van der Waals surface area contributed by atoms with E-state index >= 15 is 0 Å². The lowest BCUT2D eigenvalue weighted by Gasteiger charge is -2.14. The van der Waals surface area contributed by atoms with Gasteiger partial charge < -0.3 is 19.5 Å². The second kappa shape index (κ2) is 12.0. The van der Waals surface area contributed by atoms with Crippen LogP contribution in [0.4, 0.5) is 5.00 Å². The monoisotopic (exact) mass is 588 g/mol. The van der Waals surface area contributed by atoms with Crippen LogP contribution >= 0.6 is 11.3 Å². The van der Waals surface area contributed by atoms with E-state index in [1.165, 1.54) is 11.3 Å². The molecule has 214 valence electrons. The lowest BCUT2D eigenvalue weighted by atomic mass is 9.97. The molecule has 0 aliphatic heterocycles. The Balaban J connectivity index is 1.47. The highest BCUT2D eigenvalue weighted by molar-refractivity contribution is 7.15. The molecule has 6 aromatic rings. The van der Waals surface area contributed by atoms with Crippen molar-refractivity contribution in [3.63, 3.8) is 0 Å². The van der Waals surface area contributed by atoms with Crippen LogP contribution in [0.2, 0.25) is 0 Å². The van der Waals surface area contributed by atoms with Crippen molar-refractivity contribution in [2.24, 2.45) is 0 Å². The van der Waals surface area contributed by atoms with Crippen LogP contribution < -0.4 is 14.8 Å². The number of hydrogen-bond donors (Lipinski definition) is 1. The van der Waals surface area contributed by atoms with E-state index in [1.54, 1.807) is 39.3 Å². The number of ether oxygens (including phenoxy) is 3. The third-order valence-corrected chi connectivity index (χ3v) is 8.12. The Kier molecular flexibility index (Phi) is 7.77. The molecule has 0 spiro atoms. The fourth-order valence-corrected chi connectivity index (χ4v) is 6.14. The van der Waals surface area contributed by atoms with Crippen molar-refractivity contribution in [2.45, 2.75) is 6.92 Å². The number of esters is 1. The molecule has 0 atom stereocenters. The molecule has 4 aromatic carbocycles. The summed E-state index contributed by atoms with van der Waals surface area (Å²) < 4.78 is 16.5. The van der Waals surface area contributed by atoms with Crippen LogP contribution in [0, 0.1) is 0 Å². The van der Waals surface area contributed by atoms with E-state index in [0.717, 1.165) is 16.3 Å². The van der Waals surface area contributed by atoms with Crippen molar-refractivity contribution in [3.05, 3.63) is 108 Å². The van der Waals surface area contributed by atoms with E-state index in [-0.39, 0.29) is 12.5 Å². The van der Waals surface area contributed by atoms with Crippen molar-refractivity contribution >= 4 is 49.9 Å². The molecule has 6 rings (SSSR count). The van der Waals surface area contributed by atoms with E-state index < -0.39 is 5.97 Å². The summed E-state index contributed by atoms with van der Waals surface area (Å²) in [6.45, 7) is 1.97. The predicted octanol–water partition coefficient (Wildman–Crippen LogP) is 8.23.